The van der Waals surface area contributed by atoms with Gasteiger partial charge < -0.3 is 20.4 Å². The maximum atomic E-state index is 13.2. The van der Waals surface area contributed by atoms with Crippen molar-refractivity contribution >= 4 is 23.2 Å². The first-order chi connectivity index (χ1) is 19.2. The van der Waals surface area contributed by atoms with Gasteiger partial charge in [-0.2, -0.15) is 0 Å². The molecule has 0 fully saturated rings. The number of allylic oxidation sites excluding steroid dienone is 10. The summed E-state index contributed by atoms with van der Waals surface area (Å²) in [5.74, 6) is 0.247. The number of nitrogens with zero attached hydrogens (tertiary/aromatic N) is 4. The van der Waals surface area contributed by atoms with E-state index >= 15 is 0 Å². The molecule has 0 radical (unpaired) electrons. The van der Waals surface area contributed by atoms with Crippen LogP contribution in [0.25, 0.3) is 0 Å². The molecule has 2 amide bonds. The fraction of sp³-hybridized carbons (Fsp3) is 0.484. The fourth-order valence-corrected chi connectivity index (χ4v) is 4.99. The van der Waals surface area contributed by atoms with E-state index in [-0.39, 0.29) is 11.8 Å². The Bertz CT molecular complexity index is 1040. The average Bonchev–Trinajstić information content (AvgIpc) is 3.30. The Morgan fingerprint density at radius 3 is 1.51 bits per heavy atom. The molecule has 0 unspecified atom stereocenters. The number of hydrogen-bond acceptors (Lipinski definition) is 6. The summed E-state index contributed by atoms with van der Waals surface area (Å²) in [6.07, 6.45) is 24.8. The molecule has 8 heteroatoms. The van der Waals surface area contributed by atoms with Gasteiger partial charge in [0.2, 0.25) is 11.8 Å². The number of fused-ring (bicyclic) bond motifs is 8. The lowest BCUT2D eigenvalue weighted by atomic mass is 10.1. The third-order valence-electron chi connectivity index (χ3n) is 7.09. The summed E-state index contributed by atoms with van der Waals surface area (Å²) in [6.45, 7) is 5.46. The number of rotatable bonds is 0. The second kappa shape index (κ2) is 15.7. The van der Waals surface area contributed by atoms with Gasteiger partial charge in [-0.15, -0.1) is 0 Å². The lowest BCUT2D eigenvalue weighted by Gasteiger charge is -2.24. The molecule has 2 aliphatic heterocycles. The number of amides is 2. The van der Waals surface area contributed by atoms with E-state index in [9.17, 15) is 9.59 Å². The molecule has 2 heterocycles. The lowest BCUT2D eigenvalue weighted by Crippen LogP contribution is -2.36. The molecular formula is C31H42N6O2. The van der Waals surface area contributed by atoms with E-state index < -0.39 is 0 Å². The predicted octanol–water partition coefficient (Wildman–Crippen LogP) is 3.48. The first-order valence-electron chi connectivity index (χ1n) is 14.4. The summed E-state index contributed by atoms with van der Waals surface area (Å²) in [6, 6.07) is 0. The van der Waals surface area contributed by atoms with Crippen LogP contribution in [0.4, 0.5) is 0 Å². The van der Waals surface area contributed by atoms with Gasteiger partial charge in [0.05, 0.1) is 22.8 Å². The smallest absolute Gasteiger partial charge is 0.222 e. The van der Waals surface area contributed by atoms with Gasteiger partial charge in [-0.1, -0.05) is 36.5 Å². The Kier molecular flexibility index (Phi) is 11.4. The highest BCUT2D eigenvalue weighted by atomic mass is 16.2. The zero-order chi connectivity index (χ0) is 27.1. The maximum absolute atomic E-state index is 13.2. The molecule has 0 aromatic carbocycles. The Labute approximate surface area is 232 Å². The summed E-state index contributed by atoms with van der Waals surface area (Å²) in [5.41, 5.74) is 3.84. The van der Waals surface area contributed by atoms with Gasteiger partial charge in [0.1, 0.15) is 0 Å². The Morgan fingerprint density at radius 1 is 0.564 bits per heavy atom. The Balaban J connectivity index is 1.56. The van der Waals surface area contributed by atoms with Gasteiger partial charge in [-0.3, -0.25) is 19.6 Å². The number of hydrogen-bond donors (Lipinski definition) is 2. The van der Waals surface area contributed by atoms with Crippen molar-refractivity contribution < 1.29 is 9.59 Å². The van der Waals surface area contributed by atoms with Gasteiger partial charge in [-0.25, -0.2) is 0 Å². The van der Waals surface area contributed by atoms with E-state index in [0.29, 0.717) is 58.5 Å². The van der Waals surface area contributed by atoms with Crippen LogP contribution in [0.1, 0.15) is 44.9 Å². The first-order valence-corrected chi connectivity index (χ1v) is 14.4. The zero-order valence-electron chi connectivity index (χ0n) is 23.0. The van der Waals surface area contributed by atoms with E-state index in [1.807, 2.05) is 58.4 Å². The molecule has 0 spiro atoms. The molecule has 0 saturated heterocycles. The van der Waals surface area contributed by atoms with E-state index in [1.165, 1.54) is 0 Å². The van der Waals surface area contributed by atoms with Crippen LogP contribution in [-0.2, 0) is 9.59 Å². The van der Waals surface area contributed by atoms with Crippen LogP contribution in [0.3, 0.4) is 0 Å². The second-order valence-electron chi connectivity index (χ2n) is 10.1. The molecule has 8 nitrogen and oxygen atoms in total. The zero-order valence-corrected chi connectivity index (χ0v) is 23.0. The van der Waals surface area contributed by atoms with Crippen LogP contribution in [0.2, 0.25) is 0 Å². The topological polar surface area (TPSA) is 89.4 Å². The van der Waals surface area contributed by atoms with Crippen molar-refractivity contribution in [1.82, 2.24) is 20.4 Å². The molecule has 0 saturated carbocycles. The van der Waals surface area contributed by atoms with E-state index in [1.54, 1.807) is 0 Å². The molecule has 0 aromatic rings. The van der Waals surface area contributed by atoms with Crippen molar-refractivity contribution in [1.29, 1.82) is 0 Å². The van der Waals surface area contributed by atoms with Crippen molar-refractivity contribution in [3.8, 4) is 0 Å². The molecule has 0 atom stereocenters. The molecule has 39 heavy (non-hydrogen) atoms. The summed E-state index contributed by atoms with van der Waals surface area (Å²) in [7, 11) is 0. The van der Waals surface area contributed by atoms with Crippen molar-refractivity contribution in [2.75, 3.05) is 52.4 Å². The van der Waals surface area contributed by atoms with Crippen LogP contribution in [0.5, 0.6) is 0 Å². The van der Waals surface area contributed by atoms with E-state index in [2.05, 4.69) is 22.8 Å². The molecule has 2 aliphatic carbocycles. The first kappa shape index (κ1) is 28.3. The summed E-state index contributed by atoms with van der Waals surface area (Å²) >= 11 is 0. The molecule has 4 aliphatic rings. The monoisotopic (exact) mass is 530 g/mol. The standard InChI is InChI=1S/C31H42N6O2/c38-30-16-7-17-31(39)37-23-9-19-33-27-13-4-1-3-12-26(27)32-18-8-22-36(30)24-10-20-34-28-14-5-2-6-15-29(28)35-21-11-25-37/h1-6,12-15,32,34H,7-11,16-25H2. The van der Waals surface area contributed by atoms with Crippen LogP contribution in [0.15, 0.2) is 82.1 Å². The maximum Gasteiger partial charge on any atom is 0.222 e. The van der Waals surface area contributed by atoms with E-state index in [0.717, 1.165) is 61.6 Å². The summed E-state index contributed by atoms with van der Waals surface area (Å²) in [4.78, 5) is 40.0. The largest absolute Gasteiger partial charge is 0.383 e. The van der Waals surface area contributed by atoms with Gasteiger partial charge in [0.15, 0.2) is 0 Å². The van der Waals surface area contributed by atoms with Crippen molar-refractivity contribution in [3.05, 3.63) is 72.2 Å². The fourth-order valence-electron chi connectivity index (χ4n) is 4.99. The molecule has 4 rings (SSSR count). The average molecular weight is 531 g/mol. The van der Waals surface area contributed by atoms with Crippen molar-refractivity contribution in [3.63, 3.8) is 0 Å². The molecule has 0 aromatic heterocycles. The minimum absolute atomic E-state index is 0.116. The quantitative estimate of drug-likeness (QED) is 0.502. The number of nitrogens with one attached hydrogen (secondary N) is 2. The van der Waals surface area contributed by atoms with Crippen molar-refractivity contribution in [2.45, 2.75) is 44.9 Å². The highest BCUT2D eigenvalue weighted by Crippen LogP contribution is 2.11. The number of carbonyl (C=O) groups is 2. The Morgan fingerprint density at radius 2 is 1.03 bits per heavy atom. The van der Waals surface area contributed by atoms with Gasteiger partial charge >= 0.3 is 0 Å². The normalized spacial score (nSPS) is 22.5. The second-order valence-corrected chi connectivity index (χ2v) is 10.1. The summed E-state index contributed by atoms with van der Waals surface area (Å²) < 4.78 is 0. The molecule has 2 N–H and O–H groups in total. The van der Waals surface area contributed by atoms with Gasteiger partial charge in [0.25, 0.3) is 0 Å². The van der Waals surface area contributed by atoms with Crippen LogP contribution < -0.4 is 10.6 Å². The van der Waals surface area contributed by atoms with Crippen LogP contribution in [-0.4, -0.2) is 85.4 Å². The minimum atomic E-state index is 0.116. The third-order valence-corrected chi connectivity index (χ3v) is 7.09. The lowest BCUT2D eigenvalue weighted by molar-refractivity contribution is -0.133. The molecular weight excluding hydrogens is 488 g/mol. The minimum Gasteiger partial charge on any atom is -0.383 e. The predicted molar refractivity (Wildman–Crippen MR) is 159 cm³/mol. The van der Waals surface area contributed by atoms with Crippen LogP contribution in [0, 0.1) is 0 Å². The summed E-state index contributed by atoms with van der Waals surface area (Å²) in [5, 5.41) is 7.07. The Hall–Kier alpha value is -3.68. The van der Waals surface area contributed by atoms with E-state index in [4.69, 9.17) is 9.98 Å². The number of carbonyl (C=O) groups excluding carboxylic acids is 2. The molecule has 2 bridgehead atoms. The third kappa shape index (κ3) is 9.23. The van der Waals surface area contributed by atoms with Crippen molar-refractivity contribution in [2.24, 2.45) is 9.98 Å². The van der Waals surface area contributed by atoms with Gasteiger partial charge in [0, 0.05) is 65.2 Å². The SMILES string of the molecule is O=C1CCCC(=O)N2CCCNC3=CC=CC=CC3=NCCCN1CCCN=C1C=CC=CC=C1NCCC2. The molecule has 208 valence electrons. The number of aliphatic imine (C=N–C) groups is 2. The van der Waals surface area contributed by atoms with Gasteiger partial charge in [-0.05, 0) is 56.4 Å². The highest BCUT2D eigenvalue weighted by molar-refractivity contribution is 6.09. The highest BCUT2D eigenvalue weighted by Gasteiger charge is 2.18. The van der Waals surface area contributed by atoms with Crippen LogP contribution >= 0.6 is 0 Å².